The summed E-state index contributed by atoms with van der Waals surface area (Å²) in [6, 6.07) is 80.4. The highest BCUT2D eigenvalue weighted by molar-refractivity contribution is 6.22. The number of fused-ring (bicyclic) bond motifs is 26. The van der Waals surface area contributed by atoms with Crippen molar-refractivity contribution in [2.45, 2.75) is 0 Å². The van der Waals surface area contributed by atoms with Gasteiger partial charge in [0.15, 0.2) is 22.3 Å². The summed E-state index contributed by atoms with van der Waals surface area (Å²) in [7, 11) is 0. The van der Waals surface area contributed by atoms with E-state index in [1.165, 1.54) is 10.8 Å². The Morgan fingerprint density at radius 1 is 0.217 bits per heavy atom. The van der Waals surface area contributed by atoms with Crippen molar-refractivity contribution in [1.82, 2.24) is 38.2 Å². The van der Waals surface area contributed by atoms with Gasteiger partial charge >= 0.3 is 0 Å². The SMILES string of the molecule is c1ccc2c(c1)c1cnccc1n2-c1ccc2oc3c(ccc4c5cc(-n6c7ccccc7c7cnccc76)ccc5oc43)c2c1.c1ccc2c(c1)c1ncccc1n2-c1ccc2oc3c(ccc4c5cc(-n6c7ccccc7c7ncccc76)ccc5oc43)c2c1. The van der Waals surface area contributed by atoms with Crippen molar-refractivity contribution in [2.24, 2.45) is 0 Å². The Hall–Kier alpha value is -12.8. The zero-order valence-corrected chi connectivity index (χ0v) is 48.6. The molecule has 12 aromatic heterocycles. The molecule has 0 unspecified atom stereocenters. The van der Waals surface area contributed by atoms with Gasteiger partial charge in [-0.15, -0.1) is 0 Å². The lowest BCUT2D eigenvalue weighted by molar-refractivity contribution is 0.633. The molecule has 0 N–H and O–H groups in total. The van der Waals surface area contributed by atoms with Crippen molar-refractivity contribution in [1.29, 1.82) is 0 Å². The molecule has 0 saturated carbocycles. The molecule has 12 heterocycles. The fraction of sp³-hybridized carbons (Fsp3) is 0. The molecular weight excluding hydrogens is 1140 g/mol. The normalized spacial score (nSPS) is 12.3. The molecule has 0 aliphatic rings. The van der Waals surface area contributed by atoms with Crippen molar-refractivity contribution in [3.63, 3.8) is 0 Å². The molecule has 12 nitrogen and oxygen atoms in total. The maximum Gasteiger partial charge on any atom is 0.178 e. The molecule has 0 fully saturated rings. The Bertz CT molecular complexity index is 5880. The van der Waals surface area contributed by atoms with Crippen molar-refractivity contribution in [3.8, 4) is 22.7 Å². The van der Waals surface area contributed by atoms with Crippen LogP contribution < -0.4 is 0 Å². The van der Waals surface area contributed by atoms with E-state index in [9.17, 15) is 0 Å². The Morgan fingerprint density at radius 2 is 0.511 bits per heavy atom. The first-order valence-corrected chi connectivity index (χ1v) is 30.6. The van der Waals surface area contributed by atoms with E-state index in [0.29, 0.717) is 0 Å². The van der Waals surface area contributed by atoms with Crippen LogP contribution in [0.25, 0.3) is 198 Å². The summed E-state index contributed by atoms with van der Waals surface area (Å²) >= 11 is 0. The molecule has 0 aliphatic heterocycles. The van der Waals surface area contributed by atoms with E-state index in [2.05, 4.69) is 247 Å². The van der Waals surface area contributed by atoms with Crippen LogP contribution in [0.2, 0.25) is 0 Å². The fourth-order valence-corrected chi connectivity index (χ4v) is 15.0. The molecule has 92 heavy (non-hydrogen) atoms. The second-order valence-electron chi connectivity index (χ2n) is 23.7. The van der Waals surface area contributed by atoms with Crippen LogP contribution in [0.1, 0.15) is 0 Å². The summed E-state index contributed by atoms with van der Waals surface area (Å²) in [5.74, 6) is 0. The van der Waals surface area contributed by atoms with E-state index in [0.717, 1.165) is 187 Å². The number of pyridine rings is 4. The molecule has 428 valence electrons. The van der Waals surface area contributed by atoms with Crippen LogP contribution in [0.15, 0.2) is 285 Å². The number of aromatic nitrogens is 8. The second-order valence-corrected chi connectivity index (χ2v) is 23.7. The number of para-hydroxylation sites is 4. The van der Waals surface area contributed by atoms with Gasteiger partial charge in [0.1, 0.15) is 22.3 Å². The van der Waals surface area contributed by atoms with Crippen molar-refractivity contribution in [2.75, 3.05) is 0 Å². The van der Waals surface area contributed by atoms with E-state index in [1.807, 2.05) is 49.3 Å². The van der Waals surface area contributed by atoms with Crippen LogP contribution in [0, 0.1) is 0 Å². The van der Waals surface area contributed by atoms with Crippen molar-refractivity contribution >= 4 is 175 Å². The standard InChI is InChI=1S/2C40H22N4O2/c1-3-9-31-27(7-1)37-33(11-5-19-41-37)43(31)23-13-17-35-29(21-23)25-15-16-26-30-22-24(14-18-36(30)46-40(26)39(25)45-35)44-32-10-4-2-8-28(32)38-34(44)12-6-20-42-38;1-3-7-33-25(5-1)31-21-41-17-15-35(31)43(33)23-9-13-37-29(19-23)27-11-12-28-30-20-24(10-14-38(30)46-40(28)39(27)45-37)44-34-8-4-2-6-26(34)32-22-42-18-16-36(32)44/h2*1-22H. The van der Waals surface area contributed by atoms with Crippen molar-refractivity contribution in [3.05, 3.63) is 268 Å². The summed E-state index contributed by atoms with van der Waals surface area (Å²) < 4.78 is 35.3. The minimum atomic E-state index is 0.757. The van der Waals surface area contributed by atoms with Gasteiger partial charge < -0.3 is 35.9 Å². The van der Waals surface area contributed by atoms with Crippen LogP contribution in [0.3, 0.4) is 0 Å². The Balaban J connectivity index is 0.000000124. The Kier molecular flexibility index (Phi) is 9.84. The predicted octanol–water partition coefficient (Wildman–Crippen LogP) is 20.9. The molecular formula is C80H44N8O4. The largest absolute Gasteiger partial charge is 0.452 e. The molecule has 0 atom stereocenters. The third-order valence-corrected chi connectivity index (χ3v) is 18.9. The topological polar surface area (TPSA) is 124 Å². The molecule has 0 aliphatic carbocycles. The smallest absolute Gasteiger partial charge is 0.178 e. The van der Waals surface area contributed by atoms with Gasteiger partial charge in [-0.25, -0.2) is 0 Å². The van der Waals surface area contributed by atoms with Gasteiger partial charge in [0.25, 0.3) is 0 Å². The minimum Gasteiger partial charge on any atom is -0.452 e. The number of benzene rings is 10. The first-order valence-electron chi connectivity index (χ1n) is 30.6. The molecule has 10 aromatic carbocycles. The third kappa shape index (κ3) is 6.78. The van der Waals surface area contributed by atoms with E-state index < -0.39 is 0 Å². The van der Waals surface area contributed by atoms with E-state index in [-0.39, 0.29) is 0 Å². The molecule has 0 spiro atoms. The maximum absolute atomic E-state index is 6.54. The number of hydrogen-bond acceptors (Lipinski definition) is 8. The molecule has 0 bridgehead atoms. The van der Waals surface area contributed by atoms with Gasteiger partial charge in [-0.1, -0.05) is 72.8 Å². The lowest BCUT2D eigenvalue weighted by atomic mass is 10.1. The zero-order chi connectivity index (χ0) is 59.9. The van der Waals surface area contributed by atoms with Gasteiger partial charge in [0.2, 0.25) is 0 Å². The predicted molar refractivity (Wildman–Crippen MR) is 371 cm³/mol. The highest BCUT2D eigenvalue weighted by atomic mass is 16.4. The van der Waals surface area contributed by atoms with Gasteiger partial charge in [-0.05, 0) is 158 Å². The Morgan fingerprint density at radius 3 is 0.870 bits per heavy atom. The average Bonchev–Trinajstić information content (AvgIpc) is 1.59. The molecule has 0 radical (unpaired) electrons. The first kappa shape index (κ1) is 49.2. The van der Waals surface area contributed by atoms with Crippen molar-refractivity contribution < 1.29 is 17.7 Å². The fourth-order valence-electron chi connectivity index (χ4n) is 15.0. The average molecular weight is 1180 g/mol. The minimum absolute atomic E-state index is 0.757. The first-order chi connectivity index (χ1) is 45.6. The van der Waals surface area contributed by atoms with Crippen LogP contribution in [0.5, 0.6) is 0 Å². The second kappa shape index (κ2) is 18.4. The van der Waals surface area contributed by atoms with Crippen LogP contribution >= 0.6 is 0 Å². The summed E-state index contributed by atoms with van der Waals surface area (Å²) in [5, 5.41) is 15.2. The maximum atomic E-state index is 6.54. The van der Waals surface area contributed by atoms with Gasteiger partial charge in [-0.3, -0.25) is 19.9 Å². The van der Waals surface area contributed by atoms with Crippen LogP contribution in [0.4, 0.5) is 0 Å². The van der Waals surface area contributed by atoms with Gasteiger partial charge in [0.05, 0.1) is 55.2 Å². The van der Waals surface area contributed by atoms with E-state index in [1.54, 1.807) is 0 Å². The molecule has 22 rings (SSSR count). The molecule has 12 heteroatoms. The summed E-state index contributed by atoms with van der Waals surface area (Å²) in [6.45, 7) is 0. The molecule has 22 aromatic rings. The number of hydrogen-bond donors (Lipinski definition) is 0. The number of rotatable bonds is 4. The quantitative estimate of drug-likeness (QED) is 0.171. The van der Waals surface area contributed by atoms with E-state index >= 15 is 0 Å². The highest BCUT2D eigenvalue weighted by Crippen LogP contribution is 2.45. The lowest BCUT2D eigenvalue weighted by Crippen LogP contribution is -1.93. The number of furan rings is 4. The monoisotopic (exact) mass is 1180 g/mol. The summed E-state index contributed by atoms with van der Waals surface area (Å²) in [6.07, 6.45) is 11.3. The van der Waals surface area contributed by atoms with E-state index in [4.69, 9.17) is 27.6 Å². The summed E-state index contributed by atoms with van der Waals surface area (Å²) in [5.41, 5.74) is 21.5. The highest BCUT2D eigenvalue weighted by Gasteiger charge is 2.23. The summed E-state index contributed by atoms with van der Waals surface area (Å²) in [4.78, 5) is 18.2. The van der Waals surface area contributed by atoms with Gasteiger partial charge in [-0.2, -0.15) is 0 Å². The van der Waals surface area contributed by atoms with Crippen LogP contribution in [-0.2, 0) is 0 Å². The molecule has 0 saturated heterocycles. The Labute approximate surface area is 518 Å². The number of nitrogens with zero attached hydrogens (tertiary/aromatic N) is 8. The van der Waals surface area contributed by atoms with Gasteiger partial charge in [0, 0.05) is 135 Å². The lowest BCUT2D eigenvalue weighted by Gasteiger charge is -2.08. The third-order valence-electron chi connectivity index (χ3n) is 18.9. The molecule has 0 amide bonds. The van der Waals surface area contributed by atoms with Crippen LogP contribution in [-0.4, -0.2) is 38.2 Å². The zero-order valence-electron chi connectivity index (χ0n) is 48.6.